The molecule has 0 spiro atoms. The molecule has 0 aromatic heterocycles. The standard InChI is InChI=1S/C18H20O2/c1-2-3-7-14-20-17-12-10-16(11-13-17)18(19)15-8-5-4-6-9-15/h4-6,8-13H,2-3,7,14H2,1H3. The second kappa shape index (κ2) is 7.49. The van der Waals surface area contributed by atoms with E-state index >= 15 is 0 Å². The lowest BCUT2D eigenvalue weighted by atomic mass is 10.0. The Hall–Kier alpha value is -2.09. The Balaban J connectivity index is 1.96. The molecule has 0 aliphatic heterocycles. The van der Waals surface area contributed by atoms with E-state index in [-0.39, 0.29) is 5.78 Å². The zero-order valence-corrected chi connectivity index (χ0v) is 11.8. The van der Waals surface area contributed by atoms with Crippen molar-refractivity contribution in [1.82, 2.24) is 0 Å². The van der Waals surface area contributed by atoms with Crippen LogP contribution in [-0.4, -0.2) is 12.4 Å². The van der Waals surface area contributed by atoms with Gasteiger partial charge in [-0.3, -0.25) is 4.79 Å². The first-order valence-electron chi connectivity index (χ1n) is 7.14. The molecular formula is C18H20O2. The minimum absolute atomic E-state index is 0.0446. The maximum atomic E-state index is 12.2. The molecule has 2 nitrogen and oxygen atoms in total. The molecule has 0 radical (unpaired) electrons. The van der Waals surface area contributed by atoms with Crippen LogP contribution in [0.5, 0.6) is 5.75 Å². The highest BCUT2D eigenvalue weighted by Gasteiger charge is 2.08. The fraction of sp³-hybridized carbons (Fsp3) is 0.278. The summed E-state index contributed by atoms with van der Waals surface area (Å²) in [5.74, 6) is 0.869. The Labute approximate surface area is 120 Å². The Kier molecular flexibility index (Phi) is 5.36. The number of unbranched alkanes of at least 4 members (excludes halogenated alkanes) is 2. The van der Waals surface area contributed by atoms with Crippen LogP contribution in [0, 0.1) is 0 Å². The highest BCUT2D eigenvalue weighted by molar-refractivity contribution is 6.08. The van der Waals surface area contributed by atoms with E-state index in [1.54, 1.807) is 0 Å². The smallest absolute Gasteiger partial charge is 0.193 e. The van der Waals surface area contributed by atoms with Crippen LogP contribution in [0.3, 0.4) is 0 Å². The normalized spacial score (nSPS) is 10.2. The predicted octanol–water partition coefficient (Wildman–Crippen LogP) is 4.49. The predicted molar refractivity (Wildman–Crippen MR) is 81.3 cm³/mol. The Morgan fingerprint density at radius 2 is 1.55 bits per heavy atom. The third kappa shape index (κ3) is 3.95. The number of rotatable bonds is 7. The third-order valence-electron chi connectivity index (χ3n) is 3.17. The number of carbonyl (C=O) groups is 1. The van der Waals surface area contributed by atoms with Gasteiger partial charge in [-0.2, -0.15) is 0 Å². The molecule has 0 atom stereocenters. The lowest BCUT2D eigenvalue weighted by molar-refractivity contribution is 0.103. The lowest BCUT2D eigenvalue weighted by Crippen LogP contribution is -2.01. The van der Waals surface area contributed by atoms with Gasteiger partial charge in [-0.25, -0.2) is 0 Å². The third-order valence-corrected chi connectivity index (χ3v) is 3.17. The Morgan fingerprint density at radius 1 is 0.900 bits per heavy atom. The first kappa shape index (κ1) is 14.3. The van der Waals surface area contributed by atoms with E-state index in [4.69, 9.17) is 4.74 Å². The molecule has 20 heavy (non-hydrogen) atoms. The monoisotopic (exact) mass is 268 g/mol. The molecule has 0 fully saturated rings. The van der Waals surface area contributed by atoms with Crippen LogP contribution in [0.1, 0.15) is 42.1 Å². The summed E-state index contributed by atoms with van der Waals surface area (Å²) in [6, 6.07) is 16.7. The highest BCUT2D eigenvalue weighted by atomic mass is 16.5. The van der Waals surface area contributed by atoms with Gasteiger partial charge in [-0.15, -0.1) is 0 Å². The molecule has 2 heteroatoms. The van der Waals surface area contributed by atoms with E-state index in [9.17, 15) is 4.79 Å². The van der Waals surface area contributed by atoms with Gasteiger partial charge >= 0.3 is 0 Å². The molecule has 0 aliphatic rings. The van der Waals surface area contributed by atoms with E-state index in [0.29, 0.717) is 11.1 Å². The van der Waals surface area contributed by atoms with Crippen LogP contribution >= 0.6 is 0 Å². The van der Waals surface area contributed by atoms with Gasteiger partial charge in [0.1, 0.15) is 5.75 Å². The van der Waals surface area contributed by atoms with Gasteiger partial charge in [0.15, 0.2) is 5.78 Å². The topological polar surface area (TPSA) is 26.3 Å². The van der Waals surface area contributed by atoms with Crippen molar-refractivity contribution in [3.05, 3.63) is 65.7 Å². The molecule has 2 aromatic carbocycles. The molecule has 2 rings (SSSR count). The molecule has 0 heterocycles. The van der Waals surface area contributed by atoms with Gasteiger partial charge in [-0.1, -0.05) is 50.1 Å². The summed E-state index contributed by atoms with van der Waals surface area (Å²) in [6.07, 6.45) is 3.44. The quantitative estimate of drug-likeness (QED) is 0.546. The minimum Gasteiger partial charge on any atom is -0.494 e. The number of carbonyl (C=O) groups excluding carboxylic acids is 1. The second-order valence-electron chi connectivity index (χ2n) is 4.78. The zero-order valence-electron chi connectivity index (χ0n) is 11.8. The molecular weight excluding hydrogens is 248 g/mol. The Morgan fingerprint density at radius 3 is 2.20 bits per heavy atom. The SMILES string of the molecule is CCCCCOc1ccc(C(=O)c2ccccc2)cc1. The van der Waals surface area contributed by atoms with Crippen molar-refractivity contribution in [1.29, 1.82) is 0 Å². The molecule has 104 valence electrons. The summed E-state index contributed by atoms with van der Waals surface area (Å²) < 4.78 is 5.64. The molecule has 0 bridgehead atoms. The van der Waals surface area contributed by atoms with Gasteiger partial charge in [0, 0.05) is 11.1 Å². The molecule has 0 unspecified atom stereocenters. The van der Waals surface area contributed by atoms with E-state index in [2.05, 4.69) is 6.92 Å². The van der Waals surface area contributed by atoms with Crippen molar-refractivity contribution in [2.45, 2.75) is 26.2 Å². The number of ketones is 1. The van der Waals surface area contributed by atoms with Crippen molar-refractivity contribution in [2.24, 2.45) is 0 Å². The van der Waals surface area contributed by atoms with Gasteiger partial charge in [0.05, 0.1) is 6.61 Å². The molecule has 0 saturated carbocycles. The number of hydrogen-bond acceptors (Lipinski definition) is 2. The first-order chi connectivity index (χ1) is 9.81. The molecule has 0 saturated heterocycles. The second-order valence-corrected chi connectivity index (χ2v) is 4.78. The van der Waals surface area contributed by atoms with Crippen molar-refractivity contribution >= 4 is 5.78 Å². The molecule has 0 aliphatic carbocycles. The zero-order chi connectivity index (χ0) is 14.2. The number of hydrogen-bond donors (Lipinski definition) is 0. The van der Waals surface area contributed by atoms with Crippen LogP contribution in [0.25, 0.3) is 0 Å². The van der Waals surface area contributed by atoms with Gasteiger partial charge in [-0.05, 0) is 30.7 Å². The van der Waals surface area contributed by atoms with Crippen molar-refractivity contribution in [2.75, 3.05) is 6.61 Å². The van der Waals surface area contributed by atoms with Gasteiger partial charge in [0.2, 0.25) is 0 Å². The van der Waals surface area contributed by atoms with Crippen molar-refractivity contribution in [3.8, 4) is 5.75 Å². The van der Waals surface area contributed by atoms with E-state index in [1.807, 2.05) is 54.6 Å². The highest BCUT2D eigenvalue weighted by Crippen LogP contribution is 2.15. The van der Waals surface area contributed by atoms with E-state index in [0.717, 1.165) is 18.8 Å². The molecule has 0 N–H and O–H groups in total. The van der Waals surface area contributed by atoms with Gasteiger partial charge in [0.25, 0.3) is 0 Å². The average molecular weight is 268 g/mol. The van der Waals surface area contributed by atoms with Crippen molar-refractivity contribution < 1.29 is 9.53 Å². The molecule has 0 amide bonds. The fourth-order valence-electron chi connectivity index (χ4n) is 2.00. The average Bonchev–Trinajstić information content (AvgIpc) is 2.52. The van der Waals surface area contributed by atoms with E-state index < -0.39 is 0 Å². The van der Waals surface area contributed by atoms with Crippen LogP contribution in [0.2, 0.25) is 0 Å². The van der Waals surface area contributed by atoms with Crippen molar-refractivity contribution in [3.63, 3.8) is 0 Å². The maximum absolute atomic E-state index is 12.2. The maximum Gasteiger partial charge on any atom is 0.193 e. The minimum atomic E-state index is 0.0446. The largest absolute Gasteiger partial charge is 0.494 e. The first-order valence-corrected chi connectivity index (χ1v) is 7.14. The van der Waals surface area contributed by atoms with Crippen LogP contribution < -0.4 is 4.74 Å². The summed E-state index contributed by atoms with van der Waals surface area (Å²) in [5.41, 5.74) is 1.40. The summed E-state index contributed by atoms with van der Waals surface area (Å²) in [6.45, 7) is 2.91. The molecule has 2 aromatic rings. The van der Waals surface area contributed by atoms with Crippen LogP contribution in [-0.2, 0) is 0 Å². The summed E-state index contributed by atoms with van der Waals surface area (Å²) >= 11 is 0. The van der Waals surface area contributed by atoms with E-state index in [1.165, 1.54) is 12.8 Å². The number of benzene rings is 2. The summed E-state index contributed by atoms with van der Waals surface area (Å²) in [7, 11) is 0. The number of ether oxygens (including phenoxy) is 1. The van der Waals surface area contributed by atoms with Gasteiger partial charge < -0.3 is 4.74 Å². The fourth-order valence-corrected chi connectivity index (χ4v) is 2.00. The van der Waals surface area contributed by atoms with Crippen LogP contribution in [0.15, 0.2) is 54.6 Å². The lowest BCUT2D eigenvalue weighted by Gasteiger charge is -2.06. The summed E-state index contributed by atoms with van der Waals surface area (Å²) in [4.78, 5) is 12.2. The van der Waals surface area contributed by atoms with Crippen LogP contribution in [0.4, 0.5) is 0 Å². The summed E-state index contributed by atoms with van der Waals surface area (Å²) in [5, 5.41) is 0. The Bertz CT molecular complexity index is 529.